The Morgan fingerprint density at radius 3 is 2.42 bits per heavy atom. The lowest BCUT2D eigenvalue weighted by Crippen LogP contribution is -2.49. The molecular weight excluding hydrogens is 472 g/mol. The zero-order valence-electron chi connectivity index (χ0n) is 20.3. The van der Waals surface area contributed by atoms with Crippen molar-refractivity contribution in [2.45, 2.75) is 38.4 Å². The molecule has 1 fully saturated rings. The molecule has 0 saturated carbocycles. The molecule has 1 amide bonds. The summed E-state index contributed by atoms with van der Waals surface area (Å²) in [4.78, 5) is 17.7. The van der Waals surface area contributed by atoms with Crippen LogP contribution >= 0.6 is 11.3 Å². The molecule has 0 bridgehead atoms. The second kappa shape index (κ2) is 11.8. The van der Waals surface area contributed by atoms with Gasteiger partial charge in [-0.1, -0.05) is 54.6 Å². The van der Waals surface area contributed by atoms with Gasteiger partial charge in [0.2, 0.25) is 6.29 Å². The van der Waals surface area contributed by atoms with Crippen molar-refractivity contribution >= 4 is 17.2 Å². The predicted molar refractivity (Wildman–Crippen MR) is 140 cm³/mol. The number of aliphatic hydroxyl groups excluding tert-OH is 1. The number of carbonyl (C=O) groups excluding carboxylic acids is 1. The summed E-state index contributed by atoms with van der Waals surface area (Å²) in [6.45, 7) is 4.34. The Bertz CT molecular complexity index is 1140. The van der Waals surface area contributed by atoms with Crippen molar-refractivity contribution in [1.82, 2.24) is 9.80 Å². The third kappa shape index (κ3) is 6.23. The van der Waals surface area contributed by atoms with E-state index < -0.39 is 6.29 Å². The quantitative estimate of drug-likeness (QED) is 0.489. The smallest absolute Gasteiger partial charge is 0.288 e. The zero-order valence-corrected chi connectivity index (χ0v) is 21.1. The number of hydrogen-bond donors (Lipinski definition) is 1. The van der Waals surface area contributed by atoms with E-state index in [4.69, 9.17) is 9.47 Å². The summed E-state index contributed by atoms with van der Waals surface area (Å²) in [6.07, 6.45) is 2.12. The maximum Gasteiger partial charge on any atom is 0.288 e. The molecule has 36 heavy (non-hydrogen) atoms. The van der Waals surface area contributed by atoms with Gasteiger partial charge in [-0.3, -0.25) is 9.69 Å². The van der Waals surface area contributed by atoms with Crippen molar-refractivity contribution in [1.29, 1.82) is 0 Å². The maximum absolute atomic E-state index is 13.5. The summed E-state index contributed by atoms with van der Waals surface area (Å²) in [5, 5.41) is 13.4. The molecule has 0 spiro atoms. The number of amides is 1. The van der Waals surface area contributed by atoms with Crippen molar-refractivity contribution in [2.24, 2.45) is 0 Å². The van der Waals surface area contributed by atoms with E-state index in [2.05, 4.69) is 46.0 Å². The molecule has 5 rings (SSSR count). The number of allylic oxidation sites excluding steroid dienone is 1. The van der Waals surface area contributed by atoms with E-state index in [0.717, 1.165) is 30.8 Å². The molecule has 1 N–H and O–H groups in total. The highest BCUT2D eigenvalue weighted by atomic mass is 32.1. The molecule has 0 radical (unpaired) electrons. The summed E-state index contributed by atoms with van der Waals surface area (Å²) in [7, 11) is 0. The van der Waals surface area contributed by atoms with Crippen LogP contribution in [0.25, 0.3) is 0 Å². The molecule has 2 atom stereocenters. The molecule has 6 nitrogen and oxygen atoms in total. The molecule has 2 aliphatic rings. The number of benzene rings is 2. The fourth-order valence-electron chi connectivity index (χ4n) is 4.67. The first-order valence-corrected chi connectivity index (χ1v) is 13.4. The molecule has 3 aromatic rings. The van der Waals surface area contributed by atoms with Crippen LogP contribution in [0.5, 0.6) is 0 Å². The largest absolute Gasteiger partial charge is 0.459 e. The first-order chi connectivity index (χ1) is 17.7. The molecular formula is C29H32N2O4S. The van der Waals surface area contributed by atoms with Crippen LogP contribution in [-0.4, -0.2) is 53.3 Å². The van der Waals surface area contributed by atoms with E-state index in [1.807, 2.05) is 41.3 Å². The molecule has 2 aliphatic heterocycles. The van der Waals surface area contributed by atoms with Crippen molar-refractivity contribution in [3.63, 3.8) is 0 Å². The Kier molecular flexibility index (Phi) is 8.13. The van der Waals surface area contributed by atoms with Crippen LogP contribution in [-0.2, 0) is 34.0 Å². The minimum absolute atomic E-state index is 0.0198. The average molecular weight is 505 g/mol. The fourth-order valence-corrected chi connectivity index (χ4v) is 5.39. The second-order valence-corrected chi connectivity index (χ2v) is 10.1. The maximum atomic E-state index is 13.5. The normalized spacial score (nSPS) is 20.6. The lowest BCUT2D eigenvalue weighted by Gasteiger charge is -2.36. The van der Waals surface area contributed by atoms with Gasteiger partial charge >= 0.3 is 0 Å². The van der Waals surface area contributed by atoms with Gasteiger partial charge in [0.15, 0.2) is 5.76 Å². The fraction of sp³-hybridized carbons (Fsp3) is 0.345. The highest BCUT2D eigenvalue weighted by Gasteiger charge is 2.32. The number of piperazine rings is 1. The van der Waals surface area contributed by atoms with Crippen LogP contribution in [0.1, 0.15) is 34.6 Å². The Morgan fingerprint density at radius 1 is 0.972 bits per heavy atom. The van der Waals surface area contributed by atoms with Gasteiger partial charge < -0.3 is 19.5 Å². The lowest BCUT2D eigenvalue weighted by atomic mass is 9.95. The van der Waals surface area contributed by atoms with Gasteiger partial charge in [-0.15, -0.1) is 0 Å². The first-order valence-electron chi connectivity index (χ1n) is 12.4. The average Bonchev–Trinajstić information content (AvgIpc) is 3.48. The number of rotatable bonds is 8. The number of hydrogen-bond acceptors (Lipinski definition) is 6. The van der Waals surface area contributed by atoms with Gasteiger partial charge in [0.05, 0.1) is 13.2 Å². The minimum atomic E-state index is -0.504. The van der Waals surface area contributed by atoms with Crippen LogP contribution in [0.15, 0.2) is 83.3 Å². The summed E-state index contributed by atoms with van der Waals surface area (Å²) in [5.41, 5.74) is 4.34. The SMILES string of the molecule is O=C(C1=C[C@H](c2ccsc2)C[C@H](OCc2ccc(CO)cc2)O1)N1CCN(Cc2ccccc2)CC1. The molecule has 188 valence electrons. The lowest BCUT2D eigenvalue weighted by molar-refractivity contribution is -0.157. The topological polar surface area (TPSA) is 62.2 Å². The summed E-state index contributed by atoms with van der Waals surface area (Å²) in [5.74, 6) is 0.398. The Balaban J connectivity index is 1.22. The molecule has 1 aromatic heterocycles. The van der Waals surface area contributed by atoms with Gasteiger partial charge in [-0.2, -0.15) is 11.3 Å². The van der Waals surface area contributed by atoms with Gasteiger partial charge in [0.25, 0.3) is 5.91 Å². The van der Waals surface area contributed by atoms with Crippen molar-refractivity contribution in [2.75, 3.05) is 26.2 Å². The van der Waals surface area contributed by atoms with Crippen LogP contribution in [0.2, 0.25) is 0 Å². The molecule has 3 heterocycles. The molecule has 1 saturated heterocycles. The second-order valence-electron chi connectivity index (χ2n) is 9.32. The van der Waals surface area contributed by atoms with Crippen molar-refractivity contribution in [3.05, 3.63) is 106 Å². The third-order valence-electron chi connectivity index (χ3n) is 6.79. The van der Waals surface area contributed by atoms with E-state index in [-0.39, 0.29) is 18.4 Å². The Morgan fingerprint density at radius 2 is 1.72 bits per heavy atom. The van der Waals surface area contributed by atoms with E-state index >= 15 is 0 Å². The summed E-state index contributed by atoms with van der Waals surface area (Å²) < 4.78 is 12.2. The van der Waals surface area contributed by atoms with Gasteiger partial charge in [0, 0.05) is 45.1 Å². The Hall–Kier alpha value is -2.97. The van der Waals surface area contributed by atoms with Crippen molar-refractivity contribution < 1.29 is 19.4 Å². The van der Waals surface area contributed by atoms with E-state index in [1.165, 1.54) is 11.1 Å². The zero-order chi connectivity index (χ0) is 24.7. The highest BCUT2D eigenvalue weighted by Crippen LogP contribution is 2.33. The number of aliphatic hydroxyl groups is 1. The van der Waals surface area contributed by atoms with Crippen LogP contribution in [0.4, 0.5) is 0 Å². The summed E-state index contributed by atoms with van der Waals surface area (Å²) in [6, 6.07) is 20.2. The van der Waals surface area contributed by atoms with Gasteiger partial charge in [0.1, 0.15) is 0 Å². The van der Waals surface area contributed by atoms with Crippen LogP contribution in [0.3, 0.4) is 0 Å². The van der Waals surface area contributed by atoms with E-state index in [1.54, 1.807) is 11.3 Å². The summed E-state index contributed by atoms with van der Waals surface area (Å²) >= 11 is 1.65. The number of carbonyl (C=O) groups is 1. The standard InChI is InChI=1S/C29H32N2O4S/c32-19-23-6-8-24(9-7-23)20-34-28-17-26(25-10-15-36-21-25)16-27(35-28)29(33)31-13-11-30(12-14-31)18-22-4-2-1-3-5-22/h1-10,15-16,21,26,28,32H,11-14,17-20H2/t26-,28+/m0/s1. The number of thiophene rings is 1. The van der Waals surface area contributed by atoms with Crippen LogP contribution < -0.4 is 0 Å². The predicted octanol–water partition coefficient (Wildman–Crippen LogP) is 4.52. The Labute approximate surface area is 216 Å². The van der Waals surface area contributed by atoms with E-state index in [9.17, 15) is 9.90 Å². The van der Waals surface area contributed by atoms with Gasteiger partial charge in [-0.05, 0) is 45.2 Å². The monoisotopic (exact) mass is 504 g/mol. The highest BCUT2D eigenvalue weighted by molar-refractivity contribution is 7.08. The van der Waals surface area contributed by atoms with Crippen LogP contribution in [0, 0.1) is 0 Å². The number of ether oxygens (including phenoxy) is 2. The molecule has 0 unspecified atom stereocenters. The molecule has 2 aromatic carbocycles. The molecule has 0 aliphatic carbocycles. The van der Waals surface area contributed by atoms with Crippen molar-refractivity contribution in [3.8, 4) is 0 Å². The molecule has 7 heteroatoms. The minimum Gasteiger partial charge on any atom is -0.459 e. The van der Waals surface area contributed by atoms with E-state index in [0.29, 0.717) is 31.9 Å². The van der Waals surface area contributed by atoms with Gasteiger partial charge in [-0.25, -0.2) is 0 Å². The number of nitrogens with zero attached hydrogens (tertiary/aromatic N) is 2. The third-order valence-corrected chi connectivity index (χ3v) is 7.49. The first kappa shape index (κ1) is 24.7.